The third kappa shape index (κ3) is 3.58. The van der Waals surface area contributed by atoms with Gasteiger partial charge in [0.2, 0.25) is 5.89 Å². The molecule has 0 atom stereocenters. The first-order valence-electron chi connectivity index (χ1n) is 4.92. The van der Waals surface area contributed by atoms with Crippen molar-refractivity contribution >= 4 is 10.4 Å². The SMILES string of the molecule is O=S(=O)(O)OCC[n+]1ccc(-c2ncco2)cn1. The lowest BCUT2D eigenvalue weighted by atomic mass is 10.3. The molecule has 2 aromatic heterocycles. The number of nitrogens with zero attached hydrogens (tertiary/aromatic N) is 3. The molecular formula is C9H10N3O5S+. The van der Waals surface area contributed by atoms with Gasteiger partial charge in [-0.2, -0.15) is 8.42 Å². The maximum atomic E-state index is 10.3. The second-order valence-corrected chi connectivity index (χ2v) is 4.36. The minimum Gasteiger partial charge on any atom is -0.444 e. The van der Waals surface area contributed by atoms with Gasteiger partial charge in [0.1, 0.15) is 19.1 Å². The molecule has 2 rings (SSSR count). The fourth-order valence-corrected chi connectivity index (χ4v) is 1.53. The Morgan fingerprint density at radius 2 is 2.33 bits per heavy atom. The lowest BCUT2D eigenvalue weighted by Crippen LogP contribution is -2.39. The van der Waals surface area contributed by atoms with Crippen molar-refractivity contribution < 1.29 is 26.3 Å². The van der Waals surface area contributed by atoms with Gasteiger partial charge in [0.05, 0.1) is 11.8 Å². The van der Waals surface area contributed by atoms with E-state index in [4.69, 9.17) is 8.97 Å². The largest absolute Gasteiger partial charge is 0.444 e. The molecule has 18 heavy (non-hydrogen) atoms. The highest BCUT2D eigenvalue weighted by molar-refractivity contribution is 7.80. The minimum absolute atomic E-state index is 0.186. The zero-order valence-corrected chi connectivity index (χ0v) is 9.95. The second-order valence-electron chi connectivity index (χ2n) is 3.27. The summed E-state index contributed by atoms with van der Waals surface area (Å²) in [6.07, 6.45) is 6.12. The Labute approximate surface area is 103 Å². The number of rotatable bonds is 5. The van der Waals surface area contributed by atoms with Crippen molar-refractivity contribution in [2.45, 2.75) is 6.54 Å². The van der Waals surface area contributed by atoms with Crippen LogP contribution in [0, 0.1) is 0 Å². The van der Waals surface area contributed by atoms with Crippen LogP contribution in [0.2, 0.25) is 0 Å². The van der Waals surface area contributed by atoms with Gasteiger partial charge in [-0.05, 0) is 5.10 Å². The first-order valence-corrected chi connectivity index (χ1v) is 6.28. The third-order valence-electron chi connectivity index (χ3n) is 2.00. The molecule has 0 aliphatic rings. The fourth-order valence-electron chi connectivity index (χ4n) is 1.25. The van der Waals surface area contributed by atoms with E-state index < -0.39 is 10.4 Å². The molecule has 0 saturated carbocycles. The highest BCUT2D eigenvalue weighted by Crippen LogP contribution is 2.12. The maximum Gasteiger partial charge on any atom is 0.397 e. The quantitative estimate of drug-likeness (QED) is 0.595. The zero-order valence-electron chi connectivity index (χ0n) is 9.13. The van der Waals surface area contributed by atoms with Crippen LogP contribution in [0.15, 0.2) is 35.3 Å². The van der Waals surface area contributed by atoms with E-state index in [1.54, 1.807) is 12.3 Å². The molecule has 0 saturated heterocycles. The molecule has 9 heteroatoms. The van der Waals surface area contributed by atoms with Gasteiger partial charge in [-0.15, -0.1) is 0 Å². The first-order chi connectivity index (χ1) is 8.54. The van der Waals surface area contributed by atoms with Crippen molar-refractivity contribution in [2.24, 2.45) is 0 Å². The predicted octanol–water partition coefficient (Wildman–Crippen LogP) is -0.157. The number of hydrogen-bond donors (Lipinski definition) is 1. The molecule has 96 valence electrons. The summed E-state index contributed by atoms with van der Waals surface area (Å²) >= 11 is 0. The molecule has 0 radical (unpaired) electrons. The molecule has 0 aliphatic heterocycles. The molecule has 0 spiro atoms. The van der Waals surface area contributed by atoms with Crippen LogP contribution < -0.4 is 4.68 Å². The van der Waals surface area contributed by atoms with Crippen LogP contribution in [0.3, 0.4) is 0 Å². The average Bonchev–Trinajstić information content (AvgIpc) is 2.82. The van der Waals surface area contributed by atoms with Crippen LogP contribution in [0.5, 0.6) is 0 Å². The van der Waals surface area contributed by atoms with Gasteiger partial charge in [0, 0.05) is 6.07 Å². The molecule has 0 fully saturated rings. The summed E-state index contributed by atoms with van der Waals surface area (Å²) in [6, 6.07) is 1.71. The molecule has 0 aliphatic carbocycles. The van der Waals surface area contributed by atoms with Crippen molar-refractivity contribution in [1.82, 2.24) is 10.1 Å². The molecule has 0 bridgehead atoms. The molecule has 0 amide bonds. The van der Waals surface area contributed by atoms with E-state index >= 15 is 0 Å². The zero-order chi connectivity index (χ0) is 13.0. The first kappa shape index (κ1) is 12.6. The van der Waals surface area contributed by atoms with E-state index in [0.29, 0.717) is 11.5 Å². The molecule has 8 nitrogen and oxygen atoms in total. The normalized spacial score (nSPS) is 11.6. The molecule has 0 aromatic carbocycles. The van der Waals surface area contributed by atoms with Gasteiger partial charge in [0.25, 0.3) is 0 Å². The van der Waals surface area contributed by atoms with Crippen LogP contribution in [0.25, 0.3) is 11.5 Å². The Bertz CT molecular complexity index is 594. The summed E-state index contributed by atoms with van der Waals surface area (Å²) in [7, 11) is -4.40. The van der Waals surface area contributed by atoms with Crippen LogP contribution in [0.4, 0.5) is 0 Å². The highest BCUT2D eigenvalue weighted by atomic mass is 32.3. The van der Waals surface area contributed by atoms with E-state index in [-0.39, 0.29) is 13.2 Å². The van der Waals surface area contributed by atoms with Crippen molar-refractivity contribution in [1.29, 1.82) is 0 Å². The van der Waals surface area contributed by atoms with Crippen molar-refractivity contribution in [3.05, 3.63) is 30.9 Å². The lowest BCUT2D eigenvalue weighted by molar-refractivity contribution is -0.754. The second kappa shape index (κ2) is 5.21. The summed E-state index contributed by atoms with van der Waals surface area (Å²) in [5.74, 6) is 0.448. The molecule has 2 aromatic rings. The summed E-state index contributed by atoms with van der Waals surface area (Å²) in [5, 5.41) is 4.01. The summed E-state index contributed by atoms with van der Waals surface area (Å²) in [5.41, 5.74) is 0.701. The number of aromatic nitrogens is 3. The van der Waals surface area contributed by atoms with E-state index in [0.717, 1.165) is 0 Å². The number of hydrogen-bond acceptors (Lipinski definition) is 6. The molecular weight excluding hydrogens is 262 g/mol. The van der Waals surface area contributed by atoms with Gasteiger partial charge in [0.15, 0.2) is 12.7 Å². The standard InChI is InChI=1S/C9H9N3O5S/c13-18(14,15)17-6-4-12-3-1-8(7-11-12)9-10-2-5-16-9/h1-3,5,7H,4,6H2/p+1. The van der Waals surface area contributed by atoms with Crippen LogP contribution in [-0.2, 0) is 21.1 Å². The topological polar surface area (TPSA) is 106 Å². The van der Waals surface area contributed by atoms with Crippen LogP contribution in [0.1, 0.15) is 0 Å². The Morgan fingerprint density at radius 3 is 2.89 bits per heavy atom. The smallest absolute Gasteiger partial charge is 0.397 e. The van der Waals surface area contributed by atoms with Crippen molar-refractivity contribution in [3.63, 3.8) is 0 Å². The van der Waals surface area contributed by atoms with E-state index in [9.17, 15) is 8.42 Å². The summed E-state index contributed by atoms with van der Waals surface area (Å²) < 4.78 is 39.7. The Kier molecular flexibility index (Phi) is 3.65. The molecule has 0 unspecified atom stereocenters. The Balaban J connectivity index is 1.96. The van der Waals surface area contributed by atoms with Crippen LogP contribution >= 0.6 is 0 Å². The van der Waals surface area contributed by atoms with Gasteiger partial charge >= 0.3 is 10.4 Å². The van der Waals surface area contributed by atoms with Crippen molar-refractivity contribution in [3.8, 4) is 11.5 Å². The molecule has 1 N–H and O–H groups in total. The predicted molar refractivity (Wildman–Crippen MR) is 57.4 cm³/mol. The van der Waals surface area contributed by atoms with Gasteiger partial charge in [-0.25, -0.2) is 9.17 Å². The van der Waals surface area contributed by atoms with Crippen LogP contribution in [-0.4, -0.2) is 29.7 Å². The minimum atomic E-state index is -4.40. The highest BCUT2D eigenvalue weighted by Gasteiger charge is 2.10. The molecule has 2 heterocycles. The van der Waals surface area contributed by atoms with E-state index in [1.807, 2.05) is 0 Å². The Morgan fingerprint density at radius 1 is 1.50 bits per heavy atom. The van der Waals surface area contributed by atoms with Gasteiger partial charge in [-0.3, -0.25) is 4.55 Å². The third-order valence-corrected chi connectivity index (χ3v) is 2.47. The van der Waals surface area contributed by atoms with Gasteiger partial charge in [-0.1, -0.05) is 4.68 Å². The van der Waals surface area contributed by atoms with E-state index in [2.05, 4.69) is 14.3 Å². The number of oxazole rings is 1. The monoisotopic (exact) mass is 272 g/mol. The van der Waals surface area contributed by atoms with Crippen molar-refractivity contribution in [2.75, 3.05) is 6.61 Å². The maximum absolute atomic E-state index is 10.3. The van der Waals surface area contributed by atoms with Gasteiger partial charge < -0.3 is 4.42 Å². The average molecular weight is 272 g/mol. The fraction of sp³-hybridized carbons (Fsp3) is 0.222. The lowest BCUT2D eigenvalue weighted by Gasteiger charge is -1.96. The Hall–Kier alpha value is -1.84. The summed E-state index contributed by atoms with van der Waals surface area (Å²) in [4.78, 5) is 3.96. The van der Waals surface area contributed by atoms with E-state index in [1.165, 1.54) is 23.3 Å². The summed E-state index contributed by atoms with van der Waals surface area (Å²) in [6.45, 7) is -0.0134.